The lowest BCUT2D eigenvalue weighted by atomic mass is 9.87. The van der Waals surface area contributed by atoms with E-state index in [1.807, 2.05) is 11.0 Å². The van der Waals surface area contributed by atoms with Crippen molar-refractivity contribution in [1.82, 2.24) is 4.90 Å². The molecule has 2 aromatic rings. The van der Waals surface area contributed by atoms with Gasteiger partial charge in [-0.1, -0.05) is 17.7 Å². The molecule has 3 N–H and O–H groups in total. The first-order chi connectivity index (χ1) is 12.5. The molecule has 1 spiro atoms. The van der Waals surface area contributed by atoms with Gasteiger partial charge in [0.05, 0.1) is 11.6 Å². The molecule has 1 fully saturated rings. The van der Waals surface area contributed by atoms with E-state index in [4.69, 9.17) is 17.3 Å². The van der Waals surface area contributed by atoms with Crippen LogP contribution in [-0.2, 0) is 0 Å². The zero-order valence-corrected chi connectivity index (χ0v) is 14.6. The number of carbonyl (C=O) groups is 1. The summed E-state index contributed by atoms with van der Waals surface area (Å²) >= 11 is 6.15. The highest BCUT2D eigenvalue weighted by atomic mass is 35.5. The first-order valence-corrected chi connectivity index (χ1v) is 8.88. The van der Waals surface area contributed by atoms with Gasteiger partial charge >= 0.3 is 0 Å². The largest absolute Gasteiger partial charge is 0.383 e. The molecule has 0 radical (unpaired) electrons. The second kappa shape index (κ2) is 5.20. The summed E-state index contributed by atoms with van der Waals surface area (Å²) in [6, 6.07) is 10.1. The Morgan fingerprint density at radius 1 is 1.35 bits per heavy atom. The van der Waals surface area contributed by atoms with Gasteiger partial charge in [-0.15, -0.1) is 0 Å². The molecule has 0 aliphatic carbocycles. The number of rotatable bonds is 0. The van der Waals surface area contributed by atoms with Gasteiger partial charge < -0.3 is 16.0 Å². The van der Waals surface area contributed by atoms with Gasteiger partial charge in [-0.2, -0.15) is 0 Å². The zero-order chi connectivity index (χ0) is 18.1. The maximum absolute atomic E-state index is 14.1. The number of halogens is 2. The van der Waals surface area contributed by atoms with Crippen LogP contribution < -0.4 is 11.1 Å². The molecule has 3 heterocycles. The van der Waals surface area contributed by atoms with Crippen LogP contribution in [-0.4, -0.2) is 28.9 Å². The highest BCUT2D eigenvalue weighted by molar-refractivity contribution is 6.30. The molecule has 0 aromatic heterocycles. The van der Waals surface area contributed by atoms with E-state index in [-0.39, 0.29) is 17.8 Å². The second-order valence-corrected chi connectivity index (χ2v) is 7.45. The van der Waals surface area contributed by atoms with Crippen LogP contribution in [0.25, 0.3) is 0 Å². The predicted molar refractivity (Wildman–Crippen MR) is 97.9 cm³/mol. The molecule has 26 heavy (non-hydrogen) atoms. The minimum absolute atomic E-state index is 0.0238. The summed E-state index contributed by atoms with van der Waals surface area (Å²) in [6.45, 7) is 0.546. The fraction of sp³-hybridized carbons (Fsp3) is 0.263. The number of carbonyl (C=O) groups excluding carboxylic acids is 1. The van der Waals surface area contributed by atoms with Crippen LogP contribution in [0.15, 0.2) is 41.4 Å². The van der Waals surface area contributed by atoms with E-state index in [0.29, 0.717) is 41.2 Å². The van der Waals surface area contributed by atoms with Gasteiger partial charge in [-0.3, -0.25) is 4.79 Å². The summed E-state index contributed by atoms with van der Waals surface area (Å²) in [5, 5.41) is 3.98. The van der Waals surface area contributed by atoms with Gasteiger partial charge in [0.2, 0.25) is 0 Å². The lowest BCUT2D eigenvalue weighted by molar-refractivity contribution is 0.0606. The van der Waals surface area contributed by atoms with E-state index in [0.717, 1.165) is 5.56 Å². The second-order valence-electron chi connectivity index (χ2n) is 7.02. The van der Waals surface area contributed by atoms with Gasteiger partial charge in [0.25, 0.3) is 5.91 Å². The molecule has 0 saturated carbocycles. The maximum Gasteiger partial charge on any atom is 0.254 e. The molecular weight excluding hydrogens is 355 g/mol. The number of hydrogen-bond donors (Lipinski definition) is 2. The minimum atomic E-state index is -0.656. The van der Waals surface area contributed by atoms with Crippen LogP contribution >= 0.6 is 11.6 Å². The molecular formula is C19H16ClFN4O. The molecule has 5 rings (SSSR count). The number of piperidine rings is 1. The van der Waals surface area contributed by atoms with Gasteiger partial charge in [0, 0.05) is 35.7 Å². The Morgan fingerprint density at radius 3 is 3.04 bits per heavy atom. The highest BCUT2D eigenvalue weighted by Crippen LogP contribution is 2.47. The number of nitrogens with one attached hydrogen (secondary N) is 1. The van der Waals surface area contributed by atoms with Crippen molar-refractivity contribution in [3.63, 3.8) is 0 Å². The fourth-order valence-electron chi connectivity index (χ4n) is 4.34. The normalized spacial score (nSPS) is 26.1. The van der Waals surface area contributed by atoms with Gasteiger partial charge in [0.15, 0.2) is 0 Å². The predicted octanol–water partition coefficient (Wildman–Crippen LogP) is 3.30. The van der Waals surface area contributed by atoms with Gasteiger partial charge in [-0.25, -0.2) is 9.38 Å². The number of benzene rings is 2. The third-order valence-corrected chi connectivity index (χ3v) is 5.74. The molecule has 7 heteroatoms. The Morgan fingerprint density at radius 2 is 2.19 bits per heavy atom. The zero-order valence-electron chi connectivity index (χ0n) is 13.8. The Kier molecular flexibility index (Phi) is 3.13. The van der Waals surface area contributed by atoms with Crippen molar-refractivity contribution in [2.45, 2.75) is 24.5 Å². The van der Waals surface area contributed by atoms with Gasteiger partial charge in [0.1, 0.15) is 17.3 Å². The van der Waals surface area contributed by atoms with Crippen LogP contribution in [0.1, 0.15) is 40.4 Å². The SMILES string of the molecule is NC1=NC2(CCN3C(=O)c4ccc(Cl)cc4C3C2)Nc2cccc(F)c21. The van der Waals surface area contributed by atoms with Crippen molar-refractivity contribution >= 4 is 29.0 Å². The lowest BCUT2D eigenvalue weighted by Gasteiger charge is -2.44. The summed E-state index contributed by atoms with van der Waals surface area (Å²) in [6.07, 6.45) is 1.16. The topological polar surface area (TPSA) is 70.7 Å². The summed E-state index contributed by atoms with van der Waals surface area (Å²) in [7, 11) is 0. The summed E-state index contributed by atoms with van der Waals surface area (Å²) in [4.78, 5) is 19.2. The summed E-state index contributed by atoms with van der Waals surface area (Å²) in [5.74, 6) is -0.173. The number of nitrogens with two attached hydrogens (primary N) is 1. The third kappa shape index (κ3) is 2.08. The Balaban J connectivity index is 1.57. The smallest absolute Gasteiger partial charge is 0.254 e. The molecule has 2 atom stereocenters. The molecule has 132 valence electrons. The number of anilines is 1. The number of hydrogen-bond acceptors (Lipinski definition) is 4. The van der Waals surface area contributed by atoms with Crippen LogP contribution in [0, 0.1) is 5.82 Å². The van der Waals surface area contributed by atoms with Crippen molar-refractivity contribution in [2.75, 3.05) is 11.9 Å². The van der Waals surface area contributed by atoms with E-state index in [1.54, 1.807) is 24.3 Å². The standard InChI is InChI=1S/C19H16ClFN4O/c20-10-4-5-11-12(8-10)15-9-19(6-7-25(15)18(11)26)23-14-3-1-2-13(21)16(14)17(22)24-19/h1-5,8,15,23H,6-7,9H2,(H2,22,24). The van der Waals surface area contributed by atoms with Crippen LogP contribution in [0.2, 0.25) is 5.02 Å². The highest BCUT2D eigenvalue weighted by Gasteiger charge is 2.48. The average Bonchev–Trinajstić information content (AvgIpc) is 2.86. The van der Waals surface area contributed by atoms with Crippen LogP contribution in [0.5, 0.6) is 0 Å². The summed E-state index contributed by atoms with van der Waals surface area (Å²) < 4.78 is 14.1. The number of nitrogens with zero attached hydrogens (tertiary/aromatic N) is 2. The number of amidine groups is 1. The first-order valence-electron chi connectivity index (χ1n) is 8.50. The minimum Gasteiger partial charge on any atom is -0.383 e. The van der Waals surface area contributed by atoms with Crippen LogP contribution in [0.4, 0.5) is 10.1 Å². The number of fused-ring (bicyclic) bond motifs is 4. The monoisotopic (exact) mass is 370 g/mol. The molecule has 3 aliphatic rings. The van der Waals surface area contributed by atoms with Gasteiger partial charge in [-0.05, 0) is 35.9 Å². The molecule has 0 bridgehead atoms. The molecule has 2 unspecified atom stereocenters. The molecule has 1 saturated heterocycles. The Bertz CT molecular complexity index is 991. The molecule has 3 aliphatic heterocycles. The number of aliphatic imine (C=N–C) groups is 1. The Labute approximate surface area is 154 Å². The molecule has 2 aromatic carbocycles. The number of amides is 1. The van der Waals surface area contributed by atoms with E-state index >= 15 is 0 Å². The first kappa shape index (κ1) is 15.6. The molecule has 1 amide bonds. The van der Waals surface area contributed by atoms with E-state index in [9.17, 15) is 9.18 Å². The van der Waals surface area contributed by atoms with E-state index in [1.165, 1.54) is 6.07 Å². The van der Waals surface area contributed by atoms with E-state index < -0.39 is 11.5 Å². The van der Waals surface area contributed by atoms with Crippen molar-refractivity contribution in [1.29, 1.82) is 0 Å². The fourth-order valence-corrected chi connectivity index (χ4v) is 4.52. The van der Waals surface area contributed by atoms with Crippen LogP contribution in [0.3, 0.4) is 0 Å². The molecule has 5 nitrogen and oxygen atoms in total. The summed E-state index contributed by atoms with van der Waals surface area (Å²) in [5.41, 5.74) is 8.01. The maximum atomic E-state index is 14.1. The van der Waals surface area contributed by atoms with E-state index in [2.05, 4.69) is 10.3 Å². The Hall–Kier alpha value is -2.60. The lowest BCUT2D eigenvalue weighted by Crippen LogP contribution is -2.51. The third-order valence-electron chi connectivity index (χ3n) is 5.51. The average molecular weight is 371 g/mol. The quantitative estimate of drug-likeness (QED) is 0.747. The van der Waals surface area contributed by atoms with Crippen molar-refractivity contribution < 1.29 is 9.18 Å². The van der Waals surface area contributed by atoms with Crippen molar-refractivity contribution in [3.05, 3.63) is 63.9 Å². The van der Waals surface area contributed by atoms with Crippen molar-refractivity contribution in [3.8, 4) is 0 Å². The van der Waals surface area contributed by atoms with Crippen molar-refractivity contribution in [2.24, 2.45) is 10.7 Å².